The first-order valence-electron chi connectivity index (χ1n) is 10.6. The third-order valence-electron chi connectivity index (χ3n) is 5.86. The van der Waals surface area contributed by atoms with Crippen LogP contribution in [0, 0.1) is 6.92 Å². The third kappa shape index (κ3) is 4.62. The molecule has 1 saturated heterocycles. The van der Waals surface area contributed by atoms with Gasteiger partial charge in [-0.3, -0.25) is 9.69 Å². The second kappa shape index (κ2) is 8.89. The molecular weight excluding hydrogens is 430 g/mol. The Kier molecular flexibility index (Phi) is 6.18. The fourth-order valence-corrected chi connectivity index (χ4v) is 5.39. The Morgan fingerprint density at radius 1 is 1.00 bits per heavy atom. The molecule has 1 aromatic heterocycles. The Hall–Kier alpha value is -2.95. The fourth-order valence-electron chi connectivity index (χ4n) is 3.92. The zero-order valence-electron chi connectivity index (χ0n) is 18.1. The van der Waals surface area contributed by atoms with E-state index in [4.69, 9.17) is 0 Å². The summed E-state index contributed by atoms with van der Waals surface area (Å²) < 4.78 is 27.5. The van der Waals surface area contributed by atoms with E-state index in [9.17, 15) is 18.0 Å². The largest absolute Gasteiger partial charge is 0.325 e. The molecule has 1 aliphatic heterocycles. The predicted octanol–water partition coefficient (Wildman–Crippen LogP) is 1.89. The molecule has 0 aliphatic carbocycles. The van der Waals surface area contributed by atoms with Crippen molar-refractivity contribution >= 4 is 32.7 Å². The molecule has 170 valence electrons. The van der Waals surface area contributed by atoms with E-state index in [2.05, 4.69) is 15.3 Å². The van der Waals surface area contributed by atoms with Gasteiger partial charge in [0.2, 0.25) is 15.9 Å². The summed E-state index contributed by atoms with van der Waals surface area (Å²) in [5, 5.41) is 2.88. The number of fused-ring (bicyclic) bond motifs is 1. The lowest BCUT2D eigenvalue weighted by molar-refractivity contribution is -0.120. The van der Waals surface area contributed by atoms with Crippen molar-refractivity contribution in [3.63, 3.8) is 0 Å². The number of hydrogen-bond acceptors (Lipinski definition) is 5. The lowest BCUT2D eigenvalue weighted by Gasteiger charge is -2.27. The average molecular weight is 458 g/mol. The molecule has 2 aromatic carbocycles. The maximum absolute atomic E-state index is 13.0. The van der Waals surface area contributed by atoms with Crippen molar-refractivity contribution in [1.82, 2.24) is 19.2 Å². The molecule has 1 amide bonds. The number of benzene rings is 2. The molecule has 1 aliphatic rings. The number of imidazole rings is 1. The van der Waals surface area contributed by atoms with E-state index < -0.39 is 16.1 Å². The summed E-state index contributed by atoms with van der Waals surface area (Å²) in [6.45, 7) is 5.56. The molecular formula is C22H27N5O4S. The average Bonchev–Trinajstić information content (AvgIpc) is 2.96. The van der Waals surface area contributed by atoms with Crippen LogP contribution in [0.1, 0.15) is 18.9 Å². The molecule has 2 heterocycles. The maximum atomic E-state index is 13.0. The number of carbonyl (C=O) groups excluding carboxylic acids is 1. The standard InChI is InChI=1S/C22H27N5O4S/c1-15-4-7-18(8-5-15)32(30,31)27-11-3-10-26(12-13-27)16(2)21(28)23-17-6-9-19-20(14-17)25-22(29)24-19/h4-9,14,16H,3,10-13H2,1-2H3,(H,23,28)(H2,24,25,29)/t16-/m0/s1. The molecule has 32 heavy (non-hydrogen) atoms. The number of nitrogens with zero attached hydrogens (tertiary/aromatic N) is 2. The van der Waals surface area contributed by atoms with E-state index in [1.54, 1.807) is 42.5 Å². The molecule has 0 saturated carbocycles. The minimum atomic E-state index is -3.56. The summed E-state index contributed by atoms with van der Waals surface area (Å²) >= 11 is 0. The van der Waals surface area contributed by atoms with Crippen LogP contribution in [0.2, 0.25) is 0 Å². The Morgan fingerprint density at radius 3 is 2.47 bits per heavy atom. The zero-order chi connectivity index (χ0) is 22.9. The van der Waals surface area contributed by atoms with Gasteiger partial charge in [-0.1, -0.05) is 17.7 Å². The minimum absolute atomic E-state index is 0.183. The number of nitrogens with one attached hydrogen (secondary N) is 3. The van der Waals surface area contributed by atoms with E-state index in [1.807, 2.05) is 18.7 Å². The molecule has 9 nitrogen and oxygen atoms in total. The first-order chi connectivity index (χ1) is 15.2. The molecule has 1 fully saturated rings. The van der Waals surface area contributed by atoms with E-state index in [-0.39, 0.29) is 11.6 Å². The van der Waals surface area contributed by atoms with Crippen LogP contribution in [-0.2, 0) is 14.8 Å². The second-order valence-electron chi connectivity index (χ2n) is 8.11. The number of sulfonamides is 1. The molecule has 3 aromatic rings. The van der Waals surface area contributed by atoms with E-state index in [0.717, 1.165) is 5.56 Å². The van der Waals surface area contributed by atoms with Gasteiger partial charge in [-0.2, -0.15) is 4.31 Å². The Balaban J connectivity index is 1.41. The quantitative estimate of drug-likeness (QED) is 0.541. The van der Waals surface area contributed by atoms with Crippen molar-refractivity contribution in [1.29, 1.82) is 0 Å². The zero-order valence-corrected chi connectivity index (χ0v) is 18.9. The van der Waals surface area contributed by atoms with Gasteiger partial charge in [0.1, 0.15) is 0 Å². The number of carbonyl (C=O) groups is 1. The van der Waals surface area contributed by atoms with Crippen LogP contribution in [0.5, 0.6) is 0 Å². The van der Waals surface area contributed by atoms with Crippen LogP contribution in [-0.4, -0.2) is 65.7 Å². The number of anilines is 1. The summed E-state index contributed by atoms with van der Waals surface area (Å²) in [6, 6.07) is 11.6. The first-order valence-corrected chi connectivity index (χ1v) is 12.0. The number of aromatic nitrogens is 2. The SMILES string of the molecule is Cc1ccc(S(=O)(=O)N2CCCN([C@@H](C)C(=O)Nc3ccc4[nH]c(=O)[nH]c4c3)CC2)cc1. The van der Waals surface area contributed by atoms with Crippen LogP contribution in [0.3, 0.4) is 0 Å². The van der Waals surface area contributed by atoms with Gasteiger partial charge in [0.15, 0.2) is 0 Å². The molecule has 0 spiro atoms. The van der Waals surface area contributed by atoms with Crippen LogP contribution in [0.25, 0.3) is 11.0 Å². The highest BCUT2D eigenvalue weighted by Crippen LogP contribution is 2.20. The molecule has 0 unspecified atom stereocenters. The van der Waals surface area contributed by atoms with Crippen molar-refractivity contribution < 1.29 is 13.2 Å². The monoisotopic (exact) mass is 457 g/mol. The van der Waals surface area contributed by atoms with Gasteiger partial charge in [-0.05, 0) is 50.6 Å². The van der Waals surface area contributed by atoms with Gasteiger partial charge >= 0.3 is 5.69 Å². The molecule has 10 heteroatoms. The van der Waals surface area contributed by atoms with Crippen LogP contribution in [0.15, 0.2) is 52.2 Å². The number of amides is 1. The van der Waals surface area contributed by atoms with Crippen molar-refractivity contribution in [3.8, 4) is 0 Å². The van der Waals surface area contributed by atoms with Crippen molar-refractivity contribution in [2.45, 2.75) is 31.2 Å². The van der Waals surface area contributed by atoms with Crippen molar-refractivity contribution in [3.05, 3.63) is 58.5 Å². The smallest absolute Gasteiger partial charge is 0.323 e. The number of rotatable bonds is 5. The van der Waals surface area contributed by atoms with Crippen LogP contribution < -0.4 is 11.0 Å². The Labute approximate surface area is 186 Å². The van der Waals surface area contributed by atoms with Gasteiger partial charge < -0.3 is 15.3 Å². The van der Waals surface area contributed by atoms with Crippen LogP contribution >= 0.6 is 0 Å². The summed E-state index contributed by atoms with van der Waals surface area (Å²) in [4.78, 5) is 31.9. The van der Waals surface area contributed by atoms with Gasteiger partial charge in [0.05, 0.1) is 22.0 Å². The lowest BCUT2D eigenvalue weighted by atomic mass is 10.2. The topological polar surface area (TPSA) is 118 Å². The van der Waals surface area contributed by atoms with E-state index in [0.29, 0.717) is 54.2 Å². The number of aryl methyl sites for hydroxylation is 1. The maximum Gasteiger partial charge on any atom is 0.323 e. The predicted molar refractivity (Wildman–Crippen MR) is 123 cm³/mol. The highest BCUT2D eigenvalue weighted by atomic mass is 32.2. The lowest BCUT2D eigenvalue weighted by Crippen LogP contribution is -2.44. The summed E-state index contributed by atoms with van der Waals surface area (Å²) in [7, 11) is -3.56. The second-order valence-corrected chi connectivity index (χ2v) is 10.0. The number of aromatic amines is 2. The fraction of sp³-hybridized carbons (Fsp3) is 0.364. The molecule has 4 rings (SSSR count). The molecule has 0 bridgehead atoms. The van der Waals surface area contributed by atoms with Gasteiger partial charge in [0, 0.05) is 31.9 Å². The third-order valence-corrected chi connectivity index (χ3v) is 7.77. The van der Waals surface area contributed by atoms with Gasteiger partial charge in [-0.25, -0.2) is 13.2 Å². The summed E-state index contributed by atoms with van der Waals surface area (Å²) in [6.07, 6.45) is 0.638. The van der Waals surface area contributed by atoms with Gasteiger partial charge in [0.25, 0.3) is 0 Å². The highest BCUT2D eigenvalue weighted by molar-refractivity contribution is 7.89. The summed E-state index contributed by atoms with van der Waals surface area (Å²) in [5.41, 5.74) is 2.58. The van der Waals surface area contributed by atoms with E-state index >= 15 is 0 Å². The van der Waals surface area contributed by atoms with E-state index in [1.165, 1.54) is 4.31 Å². The normalized spacial score (nSPS) is 17.2. The molecule has 3 N–H and O–H groups in total. The highest BCUT2D eigenvalue weighted by Gasteiger charge is 2.30. The van der Waals surface area contributed by atoms with Gasteiger partial charge in [-0.15, -0.1) is 0 Å². The Morgan fingerprint density at radius 2 is 1.72 bits per heavy atom. The van der Waals surface area contributed by atoms with Crippen molar-refractivity contribution in [2.75, 3.05) is 31.5 Å². The minimum Gasteiger partial charge on any atom is -0.325 e. The summed E-state index contributed by atoms with van der Waals surface area (Å²) in [5.74, 6) is -0.183. The number of hydrogen-bond donors (Lipinski definition) is 3. The number of H-pyrrole nitrogens is 2. The first kappa shape index (κ1) is 22.3. The molecule has 1 atom stereocenters. The van der Waals surface area contributed by atoms with Crippen LogP contribution in [0.4, 0.5) is 5.69 Å². The van der Waals surface area contributed by atoms with Crippen molar-refractivity contribution in [2.24, 2.45) is 0 Å². The Bertz CT molecular complexity index is 1280. The molecule has 0 radical (unpaired) electrons.